The van der Waals surface area contributed by atoms with E-state index in [9.17, 15) is 9.59 Å². The highest BCUT2D eigenvalue weighted by atomic mass is 16.5. The van der Waals surface area contributed by atoms with Crippen LogP contribution in [0.4, 0.5) is 4.79 Å². The molecule has 5 nitrogen and oxygen atoms in total. The number of nitrogens with zero attached hydrogens (tertiary/aromatic N) is 1. The molecule has 0 radical (unpaired) electrons. The Morgan fingerprint density at radius 3 is 2.37 bits per heavy atom. The van der Waals surface area contributed by atoms with Gasteiger partial charge in [-0.2, -0.15) is 0 Å². The fourth-order valence-corrected chi connectivity index (χ4v) is 3.28. The van der Waals surface area contributed by atoms with Gasteiger partial charge in [0.25, 0.3) is 5.91 Å². The molecule has 1 aliphatic rings. The number of ether oxygens (including phenoxy) is 1. The number of imide groups is 1. The lowest BCUT2D eigenvalue weighted by Gasteiger charge is -2.11. The largest absolute Gasteiger partial charge is 0.489 e. The van der Waals surface area contributed by atoms with E-state index >= 15 is 0 Å². The first-order valence-electron chi connectivity index (χ1n) is 9.75. The molecule has 1 heterocycles. The first-order valence-corrected chi connectivity index (χ1v) is 9.75. The molecule has 0 spiro atoms. The molecule has 150 valence electrons. The lowest BCUT2D eigenvalue weighted by atomic mass is 10.1. The molecular weight excluding hydrogens is 376 g/mol. The number of amides is 3. The molecule has 3 aromatic carbocycles. The van der Waals surface area contributed by atoms with Crippen LogP contribution in [0.3, 0.4) is 0 Å². The number of hydrogen-bond donors (Lipinski definition) is 1. The van der Waals surface area contributed by atoms with Crippen LogP contribution in [0.25, 0.3) is 6.08 Å². The molecule has 0 bridgehead atoms. The Morgan fingerprint density at radius 1 is 0.900 bits per heavy atom. The number of benzene rings is 3. The van der Waals surface area contributed by atoms with Gasteiger partial charge in [-0.25, -0.2) is 4.79 Å². The molecule has 0 unspecified atom stereocenters. The summed E-state index contributed by atoms with van der Waals surface area (Å²) in [5, 5.41) is 2.66. The Labute approximate surface area is 175 Å². The van der Waals surface area contributed by atoms with Crippen molar-refractivity contribution >= 4 is 18.0 Å². The molecule has 3 amide bonds. The predicted octanol–water partition coefficient (Wildman–Crippen LogP) is 4.67. The Hall–Kier alpha value is -3.86. The van der Waals surface area contributed by atoms with Crippen molar-refractivity contribution in [1.82, 2.24) is 10.2 Å². The molecule has 5 heteroatoms. The maximum Gasteiger partial charge on any atom is 0.329 e. The summed E-state index contributed by atoms with van der Waals surface area (Å²) in [6.45, 7) is 2.79. The minimum Gasteiger partial charge on any atom is -0.489 e. The summed E-state index contributed by atoms with van der Waals surface area (Å²) in [4.78, 5) is 26.1. The van der Waals surface area contributed by atoms with E-state index in [1.807, 2.05) is 66.7 Å². The van der Waals surface area contributed by atoms with Gasteiger partial charge in [0.15, 0.2) is 0 Å². The maximum absolute atomic E-state index is 12.6. The van der Waals surface area contributed by atoms with Gasteiger partial charge in [-0.15, -0.1) is 0 Å². The molecule has 1 saturated heterocycles. The molecule has 1 fully saturated rings. The van der Waals surface area contributed by atoms with Crippen molar-refractivity contribution in [2.45, 2.75) is 20.1 Å². The lowest BCUT2D eigenvalue weighted by molar-refractivity contribution is -0.123. The van der Waals surface area contributed by atoms with Crippen molar-refractivity contribution in [2.75, 3.05) is 0 Å². The highest BCUT2D eigenvalue weighted by molar-refractivity contribution is 6.13. The van der Waals surface area contributed by atoms with Gasteiger partial charge in [-0.3, -0.25) is 9.69 Å². The summed E-state index contributed by atoms with van der Waals surface area (Å²) < 4.78 is 5.83. The second kappa shape index (κ2) is 8.66. The molecular formula is C25H22N2O3. The van der Waals surface area contributed by atoms with Crippen LogP contribution < -0.4 is 10.1 Å². The number of aryl methyl sites for hydroxylation is 1. The third kappa shape index (κ3) is 4.58. The van der Waals surface area contributed by atoms with Gasteiger partial charge in [0.1, 0.15) is 18.1 Å². The normalized spacial score (nSPS) is 14.8. The zero-order valence-electron chi connectivity index (χ0n) is 16.7. The average molecular weight is 398 g/mol. The van der Waals surface area contributed by atoms with E-state index in [2.05, 4.69) is 24.4 Å². The number of carbonyl (C=O) groups is 2. The summed E-state index contributed by atoms with van der Waals surface area (Å²) in [5.74, 6) is 0.412. The summed E-state index contributed by atoms with van der Waals surface area (Å²) in [6.07, 6.45) is 1.68. The zero-order chi connectivity index (χ0) is 20.9. The fourth-order valence-electron chi connectivity index (χ4n) is 3.28. The first kappa shape index (κ1) is 19.5. The average Bonchev–Trinajstić information content (AvgIpc) is 3.01. The van der Waals surface area contributed by atoms with Crippen LogP contribution in [0.15, 0.2) is 84.6 Å². The van der Waals surface area contributed by atoms with Crippen LogP contribution >= 0.6 is 0 Å². The fraction of sp³-hybridized carbons (Fsp3) is 0.120. The summed E-state index contributed by atoms with van der Waals surface area (Å²) in [7, 11) is 0. The number of hydrogen-bond acceptors (Lipinski definition) is 3. The molecule has 0 aromatic heterocycles. The van der Waals surface area contributed by atoms with Crippen LogP contribution in [-0.2, 0) is 17.9 Å². The summed E-state index contributed by atoms with van der Waals surface area (Å²) in [6, 6.07) is 24.6. The number of carbonyl (C=O) groups excluding carboxylic acids is 2. The zero-order valence-corrected chi connectivity index (χ0v) is 16.7. The van der Waals surface area contributed by atoms with E-state index in [0.29, 0.717) is 6.61 Å². The molecule has 1 aliphatic heterocycles. The molecule has 30 heavy (non-hydrogen) atoms. The van der Waals surface area contributed by atoms with Crippen molar-refractivity contribution in [1.29, 1.82) is 0 Å². The van der Waals surface area contributed by atoms with Gasteiger partial charge < -0.3 is 10.1 Å². The van der Waals surface area contributed by atoms with Crippen molar-refractivity contribution < 1.29 is 14.3 Å². The maximum atomic E-state index is 12.6. The van der Waals surface area contributed by atoms with E-state index < -0.39 is 6.03 Å². The minimum absolute atomic E-state index is 0.245. The van der Waals surface area contributed by atoms with E-state index in [4.69, 9.17) is 4.74 Å². The lowest BCUT2D eigenvalue weighted by Crippen LogP contribution is -2.30. The first-order chi connectivity index (χ1) is 14.6. The van der Waals surface area contributed by atoms with Gasteiger partial charge in [0.2, 0.25) is 0 Å². The van der Waals surface area contributed by atoms with Crippen LogP contribution in [0.1, 0.15) is 22.3 Å². The smallest absolute Gasteiger partial charge is 0.329 e. The second-order valence-electron chi connectivity index (χ2n) is 7.21. The third-order valence-corrected chi connectivity index (χ3v) is 4.82. The van der Waals surface area contributed by atoms with Gasteiger partial charge in [-0.1, -0.05) is 72.3 Å². The van der Waals surface area contributed by atoms with Gasteiger partial charge in [-0.05, 0) is 41.8 Å². The number of urea groups is 1. The highest BCUT2D eigenvalue weighted by Crippen LogP contribution is 2.19. The van der Waals surface area contributed by atoms with E-state index in [-0.39, 0.29) is 18.1 Å². The Morgan fingerprint density at radius 2 is 1.63 bits per heavy atom. The second-order valence-corrected chi connectivity index (χ2v) is 7.21. The summed E-state index contributed by atoms with van der Waals surface area (Å²) >= 11 is 0. The van der Waals surface area contributed by atoms with Crippen LogP contribution in [0.5, 0.6) is 5.75 Å². The quantitative estimate of drug-likeness (QED) is 0.485. The highest BCUT2D eigenvalue weighted by Gasteiger charge is 2.33. The topological polar surface area (TPSA) is 58.6 Å². The van der Waals surface area contributed by atoms with Crippen molar-refractivity contribution in [3.63, 3.8) is 0 Å². The van der Waals surface area contributed by atoms with Gasteiger partial charge >= 0.3 is 6.03 Å². The van der Waals surface area contributed by atoms with E-state index in [0.717, 1.165) is 22.4 Å². The van der Waals surface area contributed by atoms with Crippen molar-refractivity contribution in [3.8, 4) is 5.75 Å². The van der Waals surface area contributed by atoms with Crippen LogP contribution in [0, 0.1) is 6.92 Å². The Bertz CT molecular complexity index is 1090. The SMILES string of the molecule is Cc1cccc(COc2ccc(/C=C3/NC(=O)N(Cc4ccccc4)C3=O)cc2)c1. The number of nitrogens with one attached hydrogen (secondary N) is 1. The van der Waals surface area contributed by atoms with Gasteiger partial charge in [0.05, 0.1) is 6.54 Å². The van der Waals surface area contributed by atoms with Crippen LogP contribution in [0.2, 0.25) is 0 Å². The van der Waals surface area contributed by atoms with E-state index in [1.165, 1.54) is 10.5 Å². The van der Waals surface area contributed by atoms with Crippen molar-refractivity contribution in [3.05, 3.63) is 107 Å². The standard InChI is InChI=1S/C25H22N2O3/c1-18-6-5-9-21(14-18)17-30-22-12-10-19(11-13-22)15-23-24(28)27(25(29)26-23)16-20-7-3-2-4-8-20/h2-15H,16-17H2,1H3,(H,26,29)/b23-15+. The minimum atomic E-state index is -0.409. The molecule has 3 aromatic rings. The molecule has 4 rings (SSSR count). The predicted molar refractivity (Wildman–Crippen MR) is 115 cm³/mol. The monoisotopic (exact) mass is 398 g/mol. The summed E-state index contributed by atoms with van der Waals surface area (Å²) in [5.41, 5.74) is 4.28. The molecule has 1 N–H and O–H groups in total. The van der Waals surface area contributed by atoms with Crippen LogP contribution in [-0.4, -0.2) is 16.8 Å². The molecule has 0 saturated carbocycles. The Kier molecular flexibility index (Phi) is 5.61. The number of rotatable bonds is 6. The Balaban J connectivity index is 1.40. The molecule has 0 aliphatic carbocycles. The third-order valence-electron chi connectivity index (χ3n) is 4.82. The molecule has 0 atom stereocenters. The van der Waals surface area contributed by atoms with Gasteiger partial charge in [0, 0.05) is 0 Å². The van der Waals surface area contributed by atoms with Crippen molar-refractivity contribution in [2.24, 2.45) is 0 Å². The van der Waals surface area contributed by atoms with E-state index in [1.54, 1.807) is 6.08 Å².